The Morgan fingerprint density at radius 3 is 2.39 bits per heavy atom. The number of nitrogens with two attached hydrogens (primary N) is 1. The van der Waals surface area contributed by atoms with Crippen LogP contribution in [0.15, 0.2) is 28.3 Å². The first kappa shape index (κ1) is 13.5. The van der Waals surface area contributed by atoms with Crippen LogP contribution in [0.1, 0.15) is 11.4 Å². The molecular formula is C12H11FIN3S. The lowest BCUT2D eigenvalue weighted by Crippen LogP contribution is -1.96. The molecule has 0 aliphatic carbocycles. The van der Waals surface area contributed by atoms with Crippen molar-refractivity contribution < 1.29 is 4.39 Å². The molecule has 0 aliphatic heterocycles. The topological polar surface area (TPSA) is 51.8 Å². The number of benzene rings is 1. The van der Waals surface area contributed by atoms with Gasteiger partial charge in [0.1, 0.15) is 5.82 Å². The Morgan fingerprint density at radius 2 is 1.78 bits per heavy atom. The van der Waals surface area contributed by atoms with Crippen molar-refractivity contribution >= 4 is 40.0 Å². The molecule has 18 heavy (non-hydrogen) atoms. The Labute approximate surface area is 123 Å². The third-order valence-electron chi connectivity index (χ3n) is 2.22. The molecule has 6 heteroatoms. The van der Waals surface area contributed by atoms with Crippen LogP contribution in [-0.4, -0.2) is 9.97 Å². The molecule has 0 fully saturated rings. The molecule has 1 aromatic carbocycles. The van der Waals surface area contributed by atoms with Gasteiger partial charge in [-0.05, 0) is 66.4 Å². The number of aromatic nitrogens is 2. The molecule has 0 aliphatic rings. The fourth-order valence-corrected chi connectivity index (χ4v) is 2.88. The summed E-state index contributed by atoms with van der Waals surface area (Å²) in [6.07, 6.45) is 0. The largest absolute Gasteiger partial charge is 0.398 e. The number of aryl methyl sites for hydroxylation is 2. The van der Waals surface area contributed by atoms with Crippen LogP contribution in [0.3, 0.4) is 0 Å². The molecule has 2 N–H and O–H groups in total. The Kier molecular flexibility index (Phi) is 4.06. The predicted molar refractivity (Wildman–Crippen MR) is 79.2 cm³/mol. The Balaban J connectivity index is 2.36. The second-order valence-corrected chi connectivity index (χ2v) is 6.01. The van der Waals surface area contributed by atoms with Crippen molar-refractivity contribution in [3.05, 3.63) is 39.0 Å². The number of halogens is 2. The molecule has 0 saturated heterocycles. The summed E-state index contributed by atoms with van der Waals surface area (Å²) in [5, 5.41) is 0.583. The molecule has 0 spiro atoms. The Morgan fingerprint density at radius 1 is 1.17 bits per heavy atom. The second-order valence-electron chi connectivity index (χ2n) is 3.84. The van der Waals surface area contributed by atoms with Crippen molar-refractivity contribution in [1.82, 2.24) is 9.97 Å². The van der Waals surface area contributed by atoms with Crippen molar-refractivity contribution in [2.45, 2.75) is 23.9 Å². The van der Waals surface area contributed by atoms with Gasteiger partial charge >= 0.3 is 0 Å². The highest BCUT2D eigenvalue weighted by Crippen LogP contribution is 2.32. The number of hydrogen-bond acceptors (Lipinski definition) is 4. The highest BCUT2D eigenvalue weighted by atomic mass is 127. The fourth-order valence-electron chi connectivity index (χ4n) is 1.47. The maximum Gasteiger partial charge on any atom is 0.192 e. The first-order valence-electron chi connectivity index (χ1n) is 5.20. The van der Waals surface area contributed by atoms with Gasteiger partial charge in [0.2, 0.25) is 0 Å². The van der Waals surface area contributed by atoms with E-state index in [0.29, 0.717) is 19.3 Å². The second kappa shape index (κ2) is 5.40. The number of rotatable bonds is 2. The average molecular weight is 375 g/mol. The maximum absolute atomic E-state index is 13.5. The Hall–Kier alpha value is -0.890. The number of anilines is 1. The Bertz CT molecular complexity index is 584. The molecular weight excluding hydrogens is 364 g/mol. The van der Waals surface area contributed by atoms with E-state index in [1.165, 1.54) is 17.8 Å². The quantitative estimate of drug-likeness (QED) is 0.495. The normalized spacial score (nSPS) is 10.7. The van der Waals surface area contributed by atoms with Gasteiger partial charge in [0.05, 0.1) is 3.57 Å². The van der Waals surface area contributed by atoms with Gasteiger partial charge < -0.3 is 5.73 Å². The summed E-state index contributed by atoms with van der Waals surface area (Å²) in [7, 11) is 0. The lowest BCUT2D eigenvalue weighted by atomic mass is 10.3. The maximum atomic E-state index is 13.5. The lowest BCUT2D eigenvalue weighted by molar-refractivity contribution is 0.617. The summed E-state index contributed by atoms with van der Waals surface area (Å²) in [6.45, 7) is 3.80. The zero-order chi connectivity index (χ0) is 13.3. The van der Waals surface area contributed by atoms with Crippen LogP contribution in [-0.2, 0) is 0 Å². The number of nitrogens with zero attached hydrogens (tertiary/aromatic N) is 2. The van der Waals surface area contributed by atoms with E-state index in [4.69, 9.17) is 5.73 Å². The zero-order valence-corrected chi connectivity index (χ0v) is 12.8. The van der Waals surface area contributed by atoms with Crippen LogP contribution >= 0.6 is 34.4 Å². The van der Waals surface area contributed by atoms with Gasteiger partial charge in [-0.2, -0.15) is 0 Å². The number of nitrogen functional groups attached to an aromatic ring is 1. The molecule has 1 heterocycles. The van der Waals surface area contributed by atoms with Crippen molar-refractivity contribution in [1.29, 1.82) is 0 Å². The molecule has 0 bridgehead atoms. The van der Waals surface area contributed by atoms with Gasteiger partial charge in [-0.1, -0.05) is 0 Å². The van der Waals surface area contributed by atoms with Crippen LogP contribution in [0.5, 0.6) is 0 Å². The fraction of sp³-hybridized carbons (Fsp3) is 0.167. The molecule has 0 unspecified atom stereocenters. The van der Waals surface area contributed by atoms with E-state index in [2.05, 4.69) is 9.97 Å². The number of hydrogen-bond donors (Lipinski definition) is 1. The van der Waals surface area contributed by atoms with Gasteiger partial charge in [-0.3, -0.25) is 0 Å². The average Bonchev–Trinajstić information content (AvgIpc) is 2.24. The molecule has 1 aromatic heterocycles. The highest BCUT2D eigenvalue weighted by molar-refractivity contribution is 14.1. The van der Waals surface area contributed by atoms with Crippen LogP contribution in [0.4, 0.5) is 10.1 Å². The first-order chi connectivity index (χ1) is 8.45. The summed E-state index contributed by atoms with van der Waals surface area (Å²) in [5.41, 5.74) is 8.17. The van der Waals surface area contributed by atoms with E-state index in [1.807, 2.05) is 42.5 Å². The van der Waals surface area contributed by atoms with E-state index >= 15 is 0 Å². The smallest absolute Gasteiger partial charge is 0.192 e. The summed E-state index contributed by atoms with van der Waals surface area (Å²) in [5.74, 6) is -0.281. The van der Waals surface area contributed by atoms with E-state index < -0.39 is 0 Å². The highest BCUT2D eigenvalue weighted by Gasteiger charge is 2.09. The van der Waals surface area contributed by atoms with Crippen LogP contribution in [0.25, 0.3) is 0 Å². The van der Waals surface area contributed by atoms with Gasteiger partial charge in [0.15, 0.2) is 5.16 Å². The van der Waals surface area contributed by atoms with Gasteiger partial charge in [0.25, 0.3) is 0 Å². The van der Waals surface area contributed by atoms with Crippen molar-refractivity contribution in [2.75, 3.05) is 5.73 Å². The van der Waals surface area contributed by atoms with Crippen molar-refractivity contribution in [2.24, 2.45) is 0 Å². The third-order valence-corrected chi connectivity index (χ3v) is 3.98. The van der Waals surface area contributed by atoms with Crippen molar-refractivity contribution in [3.8, 4) is 0 Å². The standard InChI is InChI=1S/C12H11FIN3S/c1-6-3-7(2)17-12(16-6)18-11-4-8(13)9(14)5-10(11)15/h3-5H,15H2,1-2H3. The first-order valence-corrected chi connectivity index (χ1v) is 7.10. The summed E-state index contributed by atoms with van der Waals surface area (Å²) >= 11 is 3.19. The summed E-state index contributed by atoms with van der Waals surface area (Å²) in [6, 6.07) is 4.92. The zero-order valence-electron chi connectivity index (χ0n) is 9.87. The molecule has 0 amide bonds. The molecule has 2 aromatic rings. The van der Waals surface area contributed by atoms with Gasteiger partial charge in [-0.15, -0.1) is 0 Å². The molecule has 0 atom stereocenters. The molecule has 2 rings (SSSR count). The van der Waals surface area contributed by atoms with Gasteiger partial charge in [0, 0.05) is 22.0 Å². The minimum atomic E-state index is -0.281. The molecule has 0 radical (unpaired) electrons. The van der Waals surface area contributed by atoms with E-state index in [-0.39, 0.29) is 5.82 Å². The minimum absolute atomic E-state index is 0.281. The van der Waals surface area contributed by atoms with Crippen LogP contribution < -0.4 is 5.73 Å². The molecule has 0 saturated carbocycles. The predicted octanol–water partition coefficient (Wildman–Crippen LogP) is 3.57. The van der Waals surface area contributed by atoms with Crippen LogP contribution in [0.2, 0.25) is 0 Å². The lowest BCUT2D eigenvalue weighted by Gasteiger charge is -2.07. The summed E-state index contributed by atoms with van der Waals surface area (Å²) in [4.78, 5) is 9.23. The molecule has 94 valence electrons. The molecule has 3 nitrogen and oxygen atoms in total. The van der Waals surface area contributed by atoms with Gasteiger partial charge in [-0.25, -0.2) is 14.4 Å². The van der Waals surface area contributed by atoms with E-state index in [9.17, 15) is 4.39 Å². The van der Waals surface area contributed by atoms with E-state index in [0.717, 1.165) is 11.4 Å². The minimum Gasteiger partial charge on any atom is -0.398 e. The van der Waals surface area contributed by atoms with Crippen LogP contribution in [0, 0.1) is 23.2 Å². The third kappa shape index (κ3) is 3.11. The van der Waals surface area contributed by atoms with Crippen molar-refractivity contribution in [3.63, 3.8) is 0 Å². The summed E-state index contributed by atoms with van der Waals surface area (Å²) < 4.78 is 14.0. The SMILES string of the molecule is Cc1cc(C)nc(Sc2cc(F)c(I)cc2N)n1. The van der Waals surface area contributed by atoms with E-state index in [1.54, 1.807) is 6.07 Å². The monoisotopic (exact) mass is 375 g/mol.